The lowest BCUT2D eigenvalue weighted by atomic mass is 10.1. The summed E-state index contributed by atoms with van der Waals surface area (Å²) in [6, 6.07) is -0.403. The van der Waals surface area contributed by atoms with Crippen molar-refractivity contribution in [3.05, 3.63) is 12.7 Å². The highest BCUT2D eigenvalue weighted by atomic mass is 16.2. The van der Waals surface area contributed by atoms with Gasteiger partial charge < -0.3 is 15.1 Å². The first kappa shape index (κ1) is 11.7. The Bertz CT molecular complexity index is 276. The number of carbonyl (C=O) groups excluding carboxylic acids is 2. The van der Waals surface area contributed by atoms with Crippen molar-refractivity contribution < 1.29 is 9.59 Å². The molecular formula is C10H17N3O2. The molecule has 5 nitrogen and oxygen atoms in total. The summed E-state index contributed by atoms with van der Waals surface area (Å²) in [7, 11) is 3.38. The van der Waals surface area contributed by atoms with E-state index in [4.69, 9.17) is 0 Å². The van der Waals surface area contributed by atoms with E-state index in [0.29, 0.717) is 13.1 Å². The second-order valence-corrected chi connectivity index (χ2v) is 3.69. The lowest BCUT2D eigenvalue weighted by Gasteiger charge is -2.35. The number of nitrogens with zero attached hydrogens (tertiary/aromatic N) is 2. The zero-order valence-electron chi connectivity index (χ0n) is 9.19. The van der Waals surface area contributed by atoms with E-state index in [9.17, 15) is 9.59 Å². The van der Waals surface area contributed by atoms with Crippen molar-refractivity contribution in [3.63, 3.8) is 0 Å². The Morgan fingerprint density at radius 2 is 2.20 bits per heavy atom. The lowest BCUT2D eigenvalue weighted by molar-refractivity contribution is -0.142. The molecule has 0 aliphatic carbocycles. The van der Waals surface area contributed by atoms with Crippen molar-refractivity contribution in [2.45, 2.75) is 6.04 Å². The van der Waals surface area contributed by atoms with Crippen molar-refractivity contribution >= 4 is 11.8 Å². The maximum Gasteiger partial charge on any atom is 0.246 e. The van der Waals surface area contributed by atoms with Crippen LogP contribution in [0.4, 0.5) is 0 Å². The van der Waals surface area contributed by atoms with E-state index in [2.05, 4.69) is 11.9 Å². The summed E-state index contributed by atoms with van der Waals surface area (Å²) in [5, 5.41) is 3.10. The number of nitrogens with one attached hydrogen (secondary N) is 1. The largest absolute Gasteiger partial charge is 0.347 e. The maximum atomic E-state index is 11.8. The first-order valence-corrected chi connectivity index (χ1v) is 4.93. The number of piperazine rings is 1. The number of rotatable bonds is 2. The molecule has 0 aromatic rings. The number of hydrogen-bond acceptors (Lipinski definition) is 3. The summed E-state index contributed by atoms with van der Waals surface area (Å²) in [6.45, 7) is 5.22. The predicted molar refractivity (Wildman–Crippen MR) is 57.3 cm³/mol. The summed E-state index contributed by atoms with van der Waals surface area (Å²) in [5.41, 5.74) is 0. The Morgan fingerprint density at radius 1 is 1.53 bits per heavy atom. The van der Waals surface area contributed by atoms with Gasteiger partial charge in [-0.15, -0.1) is 0 Å². The molecule has 0 spiro atoms. The minimum Gasteiger partial charge on any atom is -0.347 e. The standard InChI is InChI=1S/C10H17N3O2/c1-4-9(14)13-6-5-11-7-8(13)10(15)12(2)3/h4,8,11H,1,5-7H2,2-3H3. The third kappa shape index (κ3) is 2.56. The molecule has 15 heavy (non-hydrogen) atoms. The molecule has 1 N–H and O–H groups in total. The molecule has 0 saturated carbocycles. The molecule has 1 aliphatic heterocycles. The molecule has 2 amide bonds. The average Bonchev–Trinajstić information content (AvgIpc) is 2.27. The van der Waals surface area contributed by atoms with Gasteiger partial charge in [-0.3, -0.25) is 9.59 Å². The predicted octanol–water partition coefficient (Wildman–Crippen LogP) is -0.939. The van der Waals surface area contributed by atoms with Crippen LogP contribution in [0.15, 0.2) is 12.7 Å². The Hall–Kier alpha value is -1.36. The molecule has 1 unspecified atom stereocenters. The van der Waals surface area contributed by atoms with Crippen LogP contribution in [-0.2, 0) is 9.59 Å². The molecule has 0 bridgehead atoms. The molecule has 84 valence electrons. The van der Waals surface area contributed by atoms with E-state index >= 15 is 0 Å². The molecule has 1 aliphatic rings. The van der Waals surface area contributed by atoms with Gasteiger partial charge in [-0.25, -0.2) is 0 Å². The second kappa shape index (κ2) is 4.93. The van der Waals surface area contributed by atoms with E-state index in [1.165, 1.54) is 11.0 Å². The van der Waals surface area contributed by atoms with Gasteiger partial charge in [-0.2, -0.15) is 0 Å². The first-order valence-electron chi connectivity index (χ1n) is 4.93. The van der Waals surface area contributed by atoms with E-state index in [1.807, 2.05) is 0 Å². The van der Waals surface area contributed by atoms with Gasteiger partial charge in [0.15, 0.2) is 0 Å². The fourth-order valence-corrected chi connectivity index (χ4v) is 1.60. The molecule has 0 aromatic carbocycles. The zero-order valence-corrected chi connectivity index (χ0v) is 9.19. The molecule has 1 heterocycles. The zero-order chi connectivity index (χ0) is 11.4. The monoisotopic (exact) mass is 211 g/mol. The van der Waals surface area contributed by atoms with E-state index in [1.54, 1.807) is 19.0 Å². The van der Waals surface area contributed by atoms with Crippen LogP contribution in [0.1, 0.15) is 0 Å². The first-order chi connectivity index (χ1) is 7.07. The number of carbonyl (C=O) groups is 2. The Kier molecular flexibility index (Phi) is 3.85. The van der Waals surface area contributed by atoms with Gasteiger partial charge in [-0.05, 0) is 6.08 Å². The third-order valence-corrected chi connectivity index (χ3v) is 2.43. The Morgan fingerprint density at radius 3 is 2.73 bits per heavy atom. The van der Waals surface area contributed by atoms with Gasteiger partial charge in [0.1, 0.15) is 6.04 Å². The highest BCUT2D eigenvalue weighted by Gasteiger charge is 2.31. The number of likely N-dealkylation sites (N-methyl/N-ethyl adjacent to an activating group) is 1. The average molecular weight is 211 g/mol. The molecular weight excluding hydrogens is 194 g/mol. The van der Waals surface area contributed by atoms with Crippen LogP contribution in [0.3, 0.4) is 0 Å². The van der Waals surface area contributed by atoms with Gasteiger partial charge >= 0.3 is 0 Å². The highest BCUT2D eigenvalue weighted by Crippen LogP contribution is 2.06. The summed E-state index contributed by atoms with van der Waals surface area (Å²) in [6.07, 6.45) is 1.25. The Labute approximate surface area is 89.7 Å². The summed E-state index contributed by atoms with van der Waals surface area (Å²) in [5.74, 6) is -0.242. The van der Waals surface area contributed by atoms with Crippen molar-refractivity contribution in [2.24, 2.45) is 0 Å². The van der Waals surface area contributed by atoms with Crippen molar-refractivity contribution in [3.8, 4) is 0 Å². The quantitative estimate of drug-likeness (QED) is 0.600. The van der Waals surface area contributed by atoms with E-state index < -0.39 is 6.04 Å². The molecule has 1 rings (SSSR count). The van der Waals surface area contributed by atoms with Crippen molar-refractivity contribution in [1.82, 2.24) is 15.1 Å². The summed E-state index contributed by atoms with van der Waals surface area (Å²) in [4.78, 5) is 26.4. The summed E-state index contributed by atoms with van der Waals surface area (Å²) >= 11 is 0. The number of hydrogen-bond donors (Lipinski definition) is 1. The number of amides is 2. The van der Waals surface area contributed by atoms with Crippen LogP contribution in [0, 0.1) is 0 Å². The van der Waals surface area contributed by atoms with Crippen LogP contribution in [-0.4, -0.2) is 61.4 Å². The summed E-state index contributed by atoms with van der Waals surface area (Å²) < 4.78 is 0. The minimum absolute atomic E-state index is 0.0580. The molecule has 1 saturated heterocycles. The fourth-order valence-electron chi connectivity index (χ4n) is 1.60. The fraction of sp³-hybridized carbons (Fsp3) is 0.600. The molecule has 1 atom stereocenters. The molecule has 0 aromatic heterocycles. The third-order valence-electron chi connectivity index (χ3n) is 2.43. The normalized spacial score (nSPS) is 20.9. The SMILES string of the molecule is C=CC(=O)N1CCNCC1C(=O)N(C)C. The highest BCUT2D eigenvalue weighted by molar-refractivity contribution is 5.92. The molecule has 0 radical (unpaired) electrons. The van der Waals surface area contributed by atoms with Crippen molar-refractivity contribution in [1.29, 1.82) is 0 Å². The topological polar surface area (TPSA) is 52.7 Å². The van der Waals surface area contributed by atoms with Gasteiger partial charge in [0.25, 0.3) is 0 Å². The van der Waals surface area contributed by atoms with Gasteiger partial charge in [0, 0.05) is 33.7 Å². The van der Waals surface area contributed by atoms with Crippen LogP contribution in [0.5, 0.6) is 0 Å². The molecule has 5 heteroatoms. The lowest BCUT2D eigenvalue weighted by Crippen LogP contribution is -2.59. The maximum absolute atomic E-state index is 11.8. The van der Waals surface area contributed by atoms with Gasteiger partial charge in [0.2, 0.25) is 11.8 Å². The van der Waals surface area contributed by atoms with Crippen LogP contribution in [0.2, 0.25) is 0 Å². The van der Waals surface area contributed by atoms with Crippen LogP contribution < -0.4 is 5.32 Å². The van der Waals surface area contributed by atoms with Crippen molar-refractivity contribution in [2.75, 3.05) is 33.7 Å². The second-order valence-electron chi connectivity index (χ2n) is 3.69. The van der Waals surface area contributed by atoms with E-state index in [0.717, 1.165) is 6.54 Å². The minimum atomic E-state index is -0.403. The molecule has 1 fully saturated rings. The van der Waals surface area contributed by atoms with Gasteiger partial charge in [0.05, 0.1) is 0 Å². The van der Waals surface area contributed by atoms with Crippen LogP contribution in [0.25, 0.3) is 0 Å². The van der Waals surface area contributed by atoms with E-state index in [-0.39, 0.29) is 11.8 Å². The van der Waals surface area contributed by atoms with Crippen LogP contribution >= 0.6 is 0 Å². The van der Waals surface area contributed by atoms with Gasteiger partial charge in [-0.1, -0.05) is 6.58 Å². The Balaban J connectivity index is 2.78. The smallest absolute Gasteiger partial charge is 0.246 e.